The predicted molar refractivity (Wildman–Crippen MR) is 90.3 cm³/mol. The van der Waals surface area contributed by atoms with Crippen LogP contribution in [0.1, 0.15) is 5.56 Å². The largest absolute Gasteiger partial charge is 0.487 e. The lowest BCUT2D eigenvalue weighted by Gasteiger charge is -2.13. The Labute approximate surface area is 156 Å². The van der Waals surface area contributed by atoms with Gasteiger partial charge in [-0.2, -0.15) is 13.2 Å². The van der Waals surface area contributed by atoms with Crippen LogP contribution in [0.5, 0.6) is 17.2 Å². The van der Waals surface area contributed by atoms with Gasteiger partial charge in [-0.1, -0.05) is 29.8 Å². The molecule has 26 heavy (non-hydrogen) atoms. The fourth-order valence-electron chi connectivity index (χ4n) is 1.77. The van der Waals surface area contributed by atoms with Gasteiger partial charge >= 0.3 is 12.1 Å². The molecule has 0 bridgehead atoms. The summed E-state index contributed by atoms with van der Waals surface area (Å²) < 4.78 is 48.7. The van der Waals surface area contributed by atoms with E-state index in [2.05, 4.69) is 6.58 Å². The molecule has 0 saturated heterocycles. The fraction of sp³-hybridized carbons (Fsp3) is 0.118. The van der Waals surface area contributed by atoms with E-state index in [4.69, 9.17) is 37.8 Å². The fourth-order valence-corrected chi connectivity index (χ4v) is 2.16. The highest BCUT2D eigenvalue weighted by molar-refractivity contribution is 6.32. The second-order valence-corrected chi connectivity index (χ2v) is 5.85. The van der Waals surface area contributed by atoms with E-state index in [1.807, 2.05) is 0 Å². The molecule has 2 aromatic rings. The summed E-state index contributed by atoms with van der Waals surface area (Å²) in [7, 11) is 0. The normalized spacial score (nSPS) is 11.1. The molecular formula is C17H11Cl2F3O4. The summed E-state index contributed by atoms with van der Waals surface area (Å²) in [5.41, 5.74) is -1.08. The van der Waals surface area contributed by atoms with Crippen LogP contribution in [0.4, 0.5) is 13.2 Å². The van der Waals surface area contributed by atoms with E-state index in [-0.39, 0.29) is 39.5 Å². The van der Waals surface area contributed by atoms with E-state index in [1.54, 1.807) is 0 Å². The number of carboxylic acid groups (broad SMARTS) is 1. The molecule has 0 atom stereocenters. The molecule has 0 heterocycles. The zero-order valence-electron chi connectivity index (χ0n) is 12.9. The third-order valence-electron chi connectivity index (χ3n) is 3.09. The Hall–Kier alpha value is -2.38. The van der Waals surface area contributed by atoms with Crippen molar-refractivity contribution in [3.8, 4) is 17.2 Å². The number of ether oxygens (including phenoxy) is 2. The molecule has 0 aliphatic carbocycles. The molecule has 0 aromatic heterocycles. The molecule has 0 unspecified atom stereocenters. The first-order valence-electron chi connectivity index (χ1n) is 6.96. The average Bonchev–Trinajstić information content (AvgIpc) is 2.55. The number of benzene rings is 2. The highest BCUT2D eigenvalue weighted by Gasteiger charge is 2.31. The minimum atomic E-state index is -4.52. The van der Waals surface area contributed by atoms with Gasteiger partial charge in [-0.25, -0.2) is 4.79 Å². The van der Waals surface area contributed by atoms with Gasteiger partial charge in [0.1, 0.15) is 23.9 Å². The molecule has 0 amide bonds. The number of hydrogen-bond donors (Lipinski definition) is 1. The number of carboxylic acids is 1. The number of alkyl halides is 3. The summed E-state index contributed by atoms with van der Waals surface area (Å²) >= 11 is 11.8. The van der Waals surface area contributed by atoms with Crippen molar-refractivity contribution in [2.75, 3.05) is 6.61 Å². The van der Waals surface area contributed by atoms with Crippen LogP contribution in [0.15, 0.2) is 48.6 Å². The van der Waals surface area contributed by atoms with E-state index < -0.39 is 17.7 Å². The van der Waals surface area contributed by atoms with Gasteiger partial charge in [0.25, 0.3) is 0 Å². The van der Waals surface area contributed by atoms with Crippen molar-refractivity contribution in [1.82, 2.24) is 0 Å². The van der Waals surface area contributed by atoms with Gasteiger partial charge in [0.15, 0.2) is 0 Å². The molecule has 9 heteroatoms. The molecule has 2 rings (SSSR count). The van der Waals surface area contributed by atoms with Gasteiger partial charge in [-0.05, 0) is 30.3 Å². The van der Waals surface area contributed by atoms with Crippen LogP contribution in [-0.2, 0) is 11.0 Å². The summed E-state index contributed by atoms with van der Waals surface area (Å²) in [5.74, 6) is -0.908. The van der Waals surface area contributed by atoms with Crippen molar-refractivity contribution >= 4 is 29.2 Å². The van der Waals surface area contributed by atoms with Gasteiger partial charge in [0.05, 0.1) is 21.2 Å². The SMILES string of the molecule is C=C(COc1cc(Oc2ccc(C(F)(F)F)cc2Cl)ccc1Cl)C(=O)O. The molecule has 2 aromatic carbocycles. The molecule has 1 N–H and O–H groups in total. The van der Waals surface area contributed by atoms with Crippen molar-refractivity contribution in [2.45, 2.75) is 6.18 Å². The third kappa shape index (κ3) is 5.06. The van der Waals surface area contributed by atoms with Crippen molar-refractivity contribution in [3.05, 3.63) is 64.2 Å². The number of rotatable bonds is 6. The van der Waals surface area contributed by atoms with Gasteiger partial charge in [0.2, 0.25) is 0 Å². The van der Waals surface area contributed by atoms with E-state index >= 15 is 0 Å². The molecule has 0 aliphatic heterocycles. The lowest BCUT2D eigenvalue weighted by Crippen LogP contribution is -2.09. The Balaban J connectivity index is 2.19. The Bertz CT molecular complexity index is 850. The van der Waals surface area contributed by atoms with Crippen LogP contribution in [-0.4, -0.2) is 17.7 Å². The average molecular weight is 407 g/mol. The van der Waals surface area contributed by atoms with Crippen LogP contribution in [0.25, 0.3) is 0 Å². The molecule has 0 aliphatic rings. The maximum absolute atomic E-state index is 12.7. The lowest BCUT2D eigenvalue weighted by atomic mass is 10.2. The Morgan fingerprint density at radius 1 is 1.08 bits per heavy atom. The van der Waals surface area contributed by atoms with Crippen LogP contribution in [0.2, 0.25) is 10.0 Å². The summed E-state index contributed by atoms with van der Waals surface area (Å²) in [6, 6.07) is 6.91. The Morgan fingerprint density at radius 2 is 1.77 bits per heavy atom. The van der Waals surface area contributed by atoms with Crippen LogP contribution >= 0.6 is 23.2 Å². The maximum Gasteiger partial charge on any atom is 0.416 e. The zero-order chi connectivity index (χ0) is 19.5. The second-order valence-electron chi connectivity index (χ2n) is 5.03. The molecule has 0 fully saturated rings. The van der Waals surface area contributed by atoms with Crippen molar-refractivity contribution in [3.63, 3.8) is 0 Å². The number of aliphatic carboxylic acids is 1. The smallest absolute Gasteiger partial charge is 0.416 e. The highest BCUT2D eigenvalue weighted by Crippen LogP contribution is 2.38. The summed E-state index contributed by atoms with van der Waals surface area (Å²) in [4.78, 5) is 10.7. The minimum Gasteiger partial charge on any atom is -0.487 e. The minimum absolute atomic E-state index is 0.00267. The topological polar surface area (TPSA) is 55.8 Å². The van der Waals surface area contributed by atoms with Crippen LogP contribution in [0.3, 0.4) is 0 Å². The quantitative estimate of drug-likeness (QED) is 0.613. The second kappa shape index (κ2) is 7.88. The van der Waals surface area contributed by atoms with Crippen molar-refractivity contribution < 1.29 is 32.5 Å². The summed E-state index contributed by atoms with van der Waals surface area (Å²) in [6.07, 6.45) is -4.52. The van der Waals surface area contributed by atoms with Gasteiger partial charge in [0, 0.05) is 6.07 Å². The monoisotopic (exact) mass is 406 g/mol. The maximum atomic E-state index is 12.7. The Kier molecular flexibility index (Phi) is 6.05. The Morgan fingerprint density at radius 3 is 2.35 bits per heavy atom. The summed E-state index contributed by atoms with van der Waals surface area (Å²) in [5, 5.41) is 8.72. The van der Waals surface area contributed by atoms with Gasteiger partial charge < -0.3 is 14.6 Å². The van der Waals surface area contributed by atoms with Gasteiger partial charge in [-0.15, -0.1) is 0 Å². The van der Waals surface area contributed by atoms with Crippen LogP contribution in [0, 0.1) is 0 Å². The van der Waals surface area contributed by atoms with Crippen molar-refractivity contribution in [2.24, 2.45) is 0 Å². The van der Waals surface area contributed by atoms with Gasteiger partial charge in [-0.3, -0.25) is 0 Å². The first-order chi connectivity index (χ1) is 12.1. The van der Waals surface area contributed by atoms with E-state index in [0.29, 0.717) is 0 Å². The molecule has 4 nitrogen and oxygen atoms in total. The standard InChI is InChI=1S/C17H11Cl2F3O4/c1-9(16(23)24)8-25-15-7-11(3-4-12(15)18)26-14-5-2-10(6-13(14)19)17(20,21)22/h2-7H,1,8H2,(H,23,24). The van der Waals surface area contributed by atoms with E-state index in [0.717, 1.165) is 18.2 Å². The number of hydrogen-bond acceptors (Lipinski definition) is 3. The third-order valence-corrected chi connectivity index (χ3v) is 3.70. The molecular weight excluding hydrogens is 396 g/mol. The number of carbonyl (C=O) groups is 1. The van der Waals surface area contributed by atoms with Crippen molar-refractivity contribution in [1.29, 1.82) is 0 Å². The van der Waals surface area contributed by atoms with E-state index in [9.17, 15) is 18.0 Å². The molecule has 138 valence electrons. The van der Waals surface area contributed by atoms with Crippen LogP contribution < -0.4 is 9.47 Å². The number of halogens is 5. The molecule has 0 saturated carbocycles. The first kappa shape index (κ1) is 19.9. The first-order valence-corrected chi connectivity index (χ1v) is 7.71. The van der Waals surface area contributed by atoms with E-state index in [1.165, 1.54) is 18.2 Å². The lowest BCUT2D eigenvalue weighted by molar-refractivity contribution is -0.137. The predicted octanol–water partition coefficient (Wildman–Crippen LogP) is 5.82. The highest BCUT2D eigenvalue weighted by atomic mass is 35.5. The summed E-state index contributed by atoms with van der Waals surface area (Å²) in [6.45, 7) is 3.01. The molecule has 0 radical (unpaired) electrons. The molecule has 0 spiro atoms. The zero-order valence-corrected chi connectivity index (χ0v) is 14.5.